The standard InChI is InChI=1S/C28H53N5O2/c1-23(24-16-14-12-10-8-9-11-13-15-17-24)26(34)29-27(2,3)19-21-35-28(4,5)18-20-33-22-25(30-31-33)32(6)7/h22-24H,8-21H2,1-7H3,(H,29,34). The maximum Gasteiger partial charge on any atom is 0.223 e. The molecule has 0 bridgehead atoms. The summed E-state index contributed by atoms with van der Waals surface area (Å²) in [6.45, 7) is 12.0. The molecular formula is C28H53N5O2. The van der Waals surface area contributed by atoms with Crippen molar-refractivity contribution in [1.82, 2.24) is 20.3 Å². The van der Waals surface area contributed by atoms with Gasteiger partial charge in [-0.3, -0.25) is 9.48 Å². The Kier molecular flexibility index (Phi) is 12.0. The van der Waals surface area contributed by atoms with E-state index in [0.717, 1.165) is 25.2 Å². The Hall–Kier alpha value is -1.63. The highest BCUT2D eigenvalue weighted by Gasteiger charge is 2.29. The summed E-state index contributed by atoms with van der Waals surface area (Å²) in [7, 11) is 3.92. The van der Waals surface area contributed by atoms with Gasteiger partial charge < -0.3 is 15.0 Å². The van der Waals surface area contributed by atoms with Gasteiger partial charge in [-0.15, -0.1) is 5.10 Å². The first kappa shape index (κ1) is 29.6. The van der Waals surface area contributed by atoms with Crippen molar-refractivity contribution >= 4 is 11.7 Å². The molecule has 1 aromatic heterocycles. The van der Waals surface area contributed by atoms with Crippen LogP contribution in [0.2, 0.25) is 0 Å². The molecule has 7 nitrogen and oxygen atoms in total. The van der Waals surface area contributed by atoms with E-state index < -0.39 is 0 Å². The molecule has 0 aromatic carbocycles. The molecule has 1 N–H and O–H groups in total. The van der Waals surface area contributed by atoms with Gasteiger partial charge in [0.2, 0.25) is 5.91 Å². The minimum atomic E-state index is -0.290. The van der Waals surface area contributed by atoms with Crippen molar-refractivity contribution in [2.45, 2.75) is 129 Å². The largest absolute Gasteiger partial charge is 0.375 e. The van der Waals surface area contributed by atoms with Crippen LogP contribution in [0.15, 0.2) is 6.20 Å². The maximum atomic E-state index is 13.2. The minimum Gasteiger partial charge on any atom is -0.375 e. The summed E-state index contributed by atoms with van der Waals surface area (Å²) in [5.41, 5.74) is -0.562. The lowest BCUT2D eigenvalue weighted by Gasteiger charge is -2.32. The Morgan fingerprint density at radius 1 is 1.06 bits per heavy atom. The van der Waals surface area contributed by atoms with Crippen molar-refractivity contribution in [1.29, 1.82) is 0 Å². The van der Waals surface area contributed by atoms with Crippen molar-refractivity contribution in [2.75, 3.05) is 25.6 Å². The van der Waals surface area contributed by atoms with Crippen LogP contribution in [0.25, 0.3) is 0 Å². The fraction of sp³-hybridized carbons (Fsp3) is 0.893. The molecule has 1 aliphatic carbocycles. The number of carbonyl (C=O) groups excluding carboxylic acids is 1. The molecule has 0 aliphatic heterocycles. The number of ether oxygens (including phenoxy) is 1. The predicted octanol–water partition coefficient (Wildman–Crippen LogP) is 5.98. The third kappa shape index (κ3) is 11.3. The van der Waals surface area contributed by atoms with E-state index in [0.29, 0.717) is 12.5 Å². The third-order valence-corrected chi connectivity index (χ3v) is 7.63. The van der Waals surface area contributed by atoms with Crippen molar-refractivity contribution < 1.29 is 9.53 Å². The van der Waals surface area contributed by atoms with Crippen molar-refractivity contribution in [2.24, 2.45) is 11.8 Å². The lowest BCUT2D eigenvalue weighted by atomic mass is 9.83. The second-order valence-corrected chi connectivity index (χ2v) is 12.2. The van der Waals surface area contributed by atoms with E-state index >= 15 is 0 Å². The zero-order chi connectivity index (χ0) is 25.9. The fourth-order valence-corrected chi connectivity index (χ4v) is 4.88. The number of amides is 1. The molecule has 1 atom stereocenters. The Morgan fingerprint density at radius 2 is 1.63 bits per heavy atom. The number of hydrogen-bond donors (Lipinski definition) is 1. The van der Waals surface area contributed by atoms with Crippen LogP contribution >= 0.6 is 0 Å². The molecule has 0 spiro atoms. The highest BCUT2D eigenvalue weighted by atomic mass is 16.5. The van der Waals surface area contributed by atoms with Gasteiger partial charge >= 0.3 is 0 Å². The van der Waals surface area contributed by atoms with Gasteiger partial charge in [-0.25, -0.2) is 0 Å². The Morgan fingerprint density at radius 3 is 2.17 bits per heavy atom. The van der Waals surface area contributed by atoms with Crippen molar-refractivity contribution in [3.8, 4) is 0 Å². The normalized spacial score (nSPS) is 18.0. The summed E-state index contributed by atoms with van der Waals surface area (Å²) in [6, 6.07) is 0. The van der Waals surface area contributed by atoms with Crippen LogP contribution in [-0.4, -0.2) is 52.7 Å². The molecule has 1 amide bonds. The van der Waals surface area contributed by atoms with E-state index in [4.69, 9.17) is 4.74 Å². The van der Waals surface area contributed by atoms with Crippen LogP contribution in [0.4, 0.5) is 5.82 Å². The second-order valence-electron chi connectivity index (χ2n) is 12.2. The number of hydrogen-bond acceptors (Lipinski definition) is 5. The van der Waals surface area contributed by atoms with E-state index in [1.807, 2.05) is 29.9 Å². The van der Waals surface area contributed by atoms with Gasteiger partial charge in [-0.2, -0.15) is 0 Å². The average Bonchev–Trinajstić information content (AvgIpc) is 3.23. The first-order valence-corrected chi connectivity index (χ1v) is 14.0. The fourth-order valence-electron chi connectivity index (χ4n) is 4.88. The molecule has 1 fully saturated rings. The lowest BCUT2D eigenvalue weighted by molar-refractivity contribution is -0.128. The topological polar surface area (TPSA) is 72.3 Å². The first-order chi connectivity index (χ1) is 16.5. The smallest absolute Gasteiger partial charge is 0.223 e. The summed E-state index contributed by atoms with van der Waals surface area (Å²) in [5.74, 6) is 1.64. The monoisotopic (exact) mass is 491 g/mol. The molecule has 1 heterocycles. The Labute approximate surface area is 214 Å². The number of aromatic nitrogens is 3. The lowest BCUT2D eigenvalue weighted by Crippen LogP contribution is -2.48. The number of nitrogens with one attached hydrogen (secondary N) is 1. The van der Waals surface area contributed by atoms with Gasteiger partial charge in [0.05, 0.1) is 11.8 Å². The number of carbonyl (C=O) groups is 1. The number of anilines is 1. The van der Waals surface area contributed by atoms with Gasteiger partial charge in [-0.1, -0.05) is 63.5 Å². The van der Waals surface area contributed by atoms with E-state index in [1.165, 1.54) is 64.2 Å². The highest BCUT2D eigenvalue weighted by Crippen LogP contribution is 2.28. The zero-order valence-electron chi connectivity index (χ0n) is 23.7. The van der Waals surface area contributed by atoms with Crippen LogP contribution in [0, 0.1) is 11.8 Å². The predicted molar refractivity (Wildman–Crippen MR) is 145 cm³/mol. The van der Waals surface area contributed by atoms with Crippen LogP contribution in [-0.2, 0) is 16.1 Å². The van der Waals surface area contributed by atoms with Gasteiger partial charge in [0.1, 0.15) is 0 Å². The molecule has 0 radical (unpaired) electrons. The van der Waals surface area contributed by atoms with Gasteiger partial charge in [-0.05, 0) is 59.3 Å². The average molecular weight is 492 g/mol. The van der Waals surface area contributed by atoms with E-state index in [-0.39, 0.29) is 23.0 Å². The molecule has 0 saturated heterocycles. The molecule has 1 saturated carbocycles. The third-order valence-electron chi connectivity index (χ3n) is 7.63. The molecular weight excluding hydrogens is 438 g/mol. The van der Waals surface area contributed by atoms with Gasteiger partial charge in [0.15, 0.2) is 5.82 Å². The van der Waals surface area contributed by atoms with Crippen LogP contribution in [0.5, 0.6) is 0 Å². The first-order valence-electron chi connectivity index (χ1n) is 14.0. The zero-order valence-corrected chi connectivity index (χ0v) is 23.7. The summed E-state index contributed by atoms with van der Waals surface area (Å²) >= 11 is 0. The molecule has 7 heteroatoms. The Balaban J connectivity index is 1.77. The van der Waals surface area contributed by atoms with Crippen molar-refractivity contribution in [3.05, 3.63) is 6.20 Å². The summed E-state index contributed by atoms with van der Waals surface area (Å²) in [6.07, 6.45) is 16.6. The molecule has 202 valence electrons. The SMILES string of the molecule is CC(C(=O)NC(C)(C)CCOC(C)(C)CCn1cc(N(C)C)nn1)C1CCCCCCCCCC1. The summed E-state index contributed by atoms with van der Waals surface area (Å²) in [4.78, 5) is 15.1. The van der Waals surface area contributed by atoms with Crippen molar-refractivity contribution in [3.63, 3.8) is 0 Å². The molecule has 1 unspecified atom stereocenters. The number of rotatable bonds is 11. The summed E-state index contributed by atoms with van der Waals surface area (Å²) < 4.78 is 8.11. The van der Waals surface area contributed by atoms with Crippen LogP contribution in [0.1, 0.15) is 112 Å². The highest BCUT2D eigenvalue weighted by molar-refractivity contribution is 5.79. The Bertz CT molecular complexity index is 731. The number of nitrogens with zero attached hydrogens (tertiary/aromatic N) is 4. The van der Waals surface area contributed by atoms with E-state index in [1.54, 1.807) is 0 Å². The van der Waals surface area contributed by atoms with E-state index in [9.17, 15) is 4.79 Å². The van der Waals surface area contributed by atoms with Gasteiger partial charge in [0.25, 0.3) is 0 Å². The van der Waals surface area contributed by atoms with Gasteiger partial charge in [0, 0.05) is 38.7 Å². The quantitative estimate of drug-likeness (QED) is 0.412. The minimum absolute atomic E-state index is 0.0714. The molecule has 35 heavy (non-hydrogen) atoms. The van der Waals surface area contributed by atoms with E-state index in [2.05, 4.69) is 50.2 Å². The summed E-state index contributed by atoms with van der Waals surface area (Å²) in [5, 5.41) is 11.7. The maximum absolute atomic E-state index is 13.2. The molecule has 1 aliphatic rings. The van der Waals surface area contributed by atoms with Crippen LogP contribution in [0.3, 0.4) is 0 Å². The molecule has 2 rings (SSSR count). The second kappa shape index (κ2) is 14.2. The number of aryl methyl sites for hydroxylation is 1. The van der Waals surface area contributed by atoms with Crippen LogP contribution < -0.4 is 10.2 Å². The molecule has 1 aromatic rings.